The second kappa shape index (κ2) is 9.52. The zero-order valence-electron chi connectivity index (χ0n) is 14.4. The van der Waals surface area contributed by atoms with E-state index >= 15 is 0 Å². The number of imidazole rings is 1. The van der Waals surface area contributed by atoms with Crippen LogP contribution in [0.4, 0.5) is 25.2 Å². The van der Waals surface area contributed by atoms with Crippen LogP contribution in [0.25, 0.3) is 0 Å². The first-order valence-electron chi connectivity index (χ1n) is 7.58. The molecule has 6 nitrogen and oxygen atoms in total. The molecule has 0 aliphatic heterocycles. The van der Waals surface area contributed by atoms with Crippen LogP contribution in [0.2, 0.25) is 0 Å². The molecule has 13 heteroatoms. The third-order valence-corrected chi connectivity index (χ3v) is 2.50. The van der Waals surface area contributed by atoms with E-state index in [1.54, 1.807) is 6.20 Å². The molecule has 0 fully saturated rings. The van der Waals surface area contributed by atoms with E-state index in [4.69, 9.17) is 14.2 Å². The van der Waals surface area contributed by atoms with Gasteiger partial charge in [-0.25, -0.2) is 9.55 Å². The molecule has 0 saturated heterocycles. The average molecular weight is 416 g/mol. The van der Waals surface area contributed by atoms with Crippen LogP contribution in [-0.4, -0.2) is 44.0 Å². The summed E-state index contributed by atoms with van der Waals surface area (Å²) < 4.78 is 76.6. The molecule has 156 valence electrons. The molecule has 1 aromatic heterocycles. The first-order valence-corrected chi connectivity index (χ1v) is 9.61. The first-order chi connectivity index (χ1) is 11.7. The van der Waals surface area contributed by atoms with E-state index in [2.05, 4.69) is 11.9 Å². The Morgan fingerprint density at radius 3 is 2.00 bits per heavy atom. The zero-order valence-corrected chi connectivity index (χ0v) is 15.3. The van der Waals surface area contributed by atoms with E-state index < -0.39 is 7.81 Å². The number of carbonyl (C=O) groups is 1. The van der Waals surface area contributed by atoms with Gasteiger partial charge in [0.05, 0.1) is 26.9 Å². The van der Waals surface area contributed by atoms with Crippen molar-refractivity contribution in [3.63, 3.8) is 0 Å². The van der Waals surface area contributed by atoms with Gasteiger partial charge in [-0.15, -0.1) is 0 Å². The Hall–Kier alpha value is -1.39. The predicted molar refractivity (Wildman–Crippen MR) is 82.1 cm³/mol. The van der Waals surface area contributed by atoms with Gasteiger partial charge in [-0.1, -0.05) is 6.92 Å². The number of carbonyl (C=O) groups excluding carboxylic acids is 1. The predicted octanol–water partition coefficient (Wildman–Crippen LogP) is 3.75. The number of esters is 1. The number of hydrogen-bond donors (Lipinski definition) is 1. The molecule has 1 aromatic rings. The molecule has 0 aliphatic carbocycles. The number of nitrogens with one attached hydrogen (secondary N) is 1. The van der Waals surface area contributed by atoms with Gasteiger partial charge in [0.25, 0.3) is 5.82 Å². The van der Waals surface area contributed by atoms with Crippen molar-refractivity contribution in [1.29, 1.82) is 0 Å². The van der Waals surface area contributed by atoms with E-state index in [-0.39, 0.29) is 19.0 Å². The van der Waals surface area contributed by atoms with Crippen molar-refractivity contribution in [1.82, 2.24) is 4.98 Å². The number of halogens is 6. The zero-order chi connectivity index (χ0) is 20.3. The Morgan fingerprint density at radius 2 is 1.54 bits per heavy atom. The SMILES string of the molecule is CCCOCCOCCOC(=O)Cc1[nH]cc[n+]1C.F[P-](F)(F)(F)(F)F. The average Bonchev–Trinajstić information content (AvgIpc) is 2.84. The van der Waals surface area contributed by atoms with Crippen molar-refractivity contribution >= 4 is 13.8 Å². The Bertz CT molecular complexity index is 538. The molecule has 0 atom stereocenters. The number of hydrogen-bond acceptors (Lipinski definition) is 4. The van der Waals surface area contributed by atoms with E-state index in [0.29, 0.717) is 19.8 Å². The number of ether oxygens (including phenoxy) is 3. The maximum atomic E-state index is 11.5. The number of aromatic amines is 1. The van der Waals surface area contributed by atoms with Crippen LogP contribution < -0.4 is 4.57 Å². The Balaban J connectivity index is 0.000000758. The van der Waals surface area contributed by atoms with Gasteiger partial charge in [0.2, 0.25) is 0 Å². The summed E-state index contributed by atoms with van der Waals surface area (Å²) in [5.41, 5.74) is 0. The topological polar surface area (TPSA) is 64.4 Å². The van der Waals surface area contributed by atoms with Crippen molar-refractivity contribution in [2.75, 3.05) is 33.0 Å². The van der Waals surface area contributed by atoms with Gasteiger partial charge in [0, 0.05) is 6.61 Å². The van der Waals surface area contributed by atoms with Crippen molar-refractivity contribution in [2.24, 2.45) is 7.05 Å². The number of H-pyrrole nitrogens is 1. The number of aryl methyl sites for hydroxylation is 1. The van der Waals surface area contributed by atoms with Crippen molar-refractivity contribution in [3.05, 3.63) is 18.2 Å². The third kappa shape index (κ3) is 20.7. The molecular formula is C13H23F6N2O4P. The fraction of sp³-hybridized carbons (Fsp3) is 0.692. The van der Waals surface area contributed by atoms with Crippen LogP contribution in [0.1, 0.15) is 19.2 Å². The molecule has 1 N–H and O–H groups in total. The van der Waals surface area contributed by atoms with Gasteiger partial charge >= 0.3 is 39.0 Å². The van der Waals surface area contributed by atoms with E-state index in [9.17, 15) is 30.0 Å². The van der Waals surface area contributed by atoms with Gasteiger partial charge in [0.15, 0.2) is 0 Å². The second-order valence-electron chi connectivity index (χ2n) is 5.10. The van der Waals surface area contributed by atoms with E-state index in [0.717, 1.165) is 18.9 Å². The standard InChI is InChI=1S/C13H22N2O4.F6P/c1-3-6-17-7-8-18-9-10-19-13(16)11-12-14-4-5-15(12)2;1-7(2,3,4,5)6/h4-5H,3,6-11H2,1-2H3;/q;-1/p+1. The summed E-state index contributed by atoms with van der Waals surface area (Å²) in [4.78, 5) is 14.5. The van der Waals surface area contributed by atoms with Gasteiger partial charge in [-0.3, -0.25) is 4.79 Å². The molecule has 0 unspecified atom stereocenters. The molecule has 0 aliphatic rings. The minimum atomic E-state index is -10.7. The Labute approximate surface area is 146 Å². The van der Waals surface area contributed by atoms with Crippen LogP contribution >= 0.6 is 7.81 Å². The monoisotopic (exact) mass is 416 g/mol. The molecule has 1 rings (SSSR count). The summed E-state index contributed by atoms with van der Waals surface area (Å²) in [5, 5.41) is 0. The number of rotatable bonds is 10. The summed E-state index contributed by atoms with van der Waals surface area (Å²) >= 11 is 0. The van der Waals surface area contributed by atoms with Gasteiger partial charge in [-0.05, 0) is 6.42 Å². The Kier molecular flexibility index (Phi) is 9.01. The molecule has 1 heterocycles. The van der Waals surface area contributed by atoms with Gasteiger partial charge in [0.1, 0.15) is 25.4 Å². The first kappa shape index (κ1) is 24.6. The van der Waals surface area contributed by atoms with Gasteiger partial charge < -0.3 is 14.2 Å². The van der Waals surface area contributed by atoms with E-state index in [1.807, 2.05) is 17.8 Å². The molecule has 0 spiro atoms. The summed E-state index contributed by atoms with van der Waals surface area (Å²) in [5.74, 6) is 0.558. The van der Waals surface area contributed by atoms with E-state index in [1.165, 1.54) is 0 Å². The number of aromatic nitrogens is 2. The molecular weight excluding hydrogens is 393 g/mol. The molecule has 0 aromatic carbocycles. The second-order valence-corrected chi connectivity index (χ2v) is 7.01. The molecule has 0 saturated carbocycles. The molecule has 26 heavy (non-hydrogen) atoms. The van der Waals surface area contributed by atoms with Crippen LogP contribution in [-0.2, 0) is 32.5 Å². The Morgan fingerprint density at radius 1 is 1.04 bits per heavy atom. The fourth-order valence-corrected chi connectivity index (χ4v) is 1.48. The molecule has 0 amide bonds. The summed E-state index contributed by atoms with van der Waals surface area (Å²) in [6.07, 6.45) is 4.88. The summed E-state index contributed by atoms with van der Waals surface area (Å²) in [6, 6.07) is 0. The summed E-state index contributed by atoms with van der Waals surface area (Å²) in [7, 11) is -8.78. The van der Waals surface area contributed by atoms with Crippen LogP contribution in [0, 0.1) is 0 Å². The van der Waals surface area contributed by atoms with Crippen LogP contribution in [0.3, 0.4) is 0 Å². The van der Waals surface area contributed by atoms with Crippen molar-refractivity contribution in [2.45, 2.75) is 19.8 Å². The molecule has 0 bridgehead atoms. The van der Waals surface area contributed by atoms with Crippen molar-refractivity contribution < 1.29 is 48.8 Å². The fourth-order valence-electron chi connectivity index (χ4n) is 1.48. The summed E-state index contributed by atoms with van der Waals surface area (Å²) in [6.45, 7) is 4.61. The normalized spacial score (nSPS) is 14.0. The quantitative estimate of drug-likeness (QED) is 0.208. The third-order valence-electron chi connectivity index (χ3n) is 2.50. The number of nitrogens with zero attached hydrogens (tertiary/aromatic N) is 1. The molecule has 0 radical (unpaired) electrons. The van der Waals surface area contributed by atoms with Crippen LogP contribution in [0.15, 0.2) is 12.4 Å². The maximum absolute atomic E-state index is 11.5. The minimum absolute atomic E-state index is 0.239. The van der Waals surface area contributed by atoms with Crippen LogP contribution in [0.5, 0.6) is 0 Å². The van der Waals surface area contributed by atoms with Crippen molar-refractivity contribution in [3.8, 4) is 0 Å². The van der Waals surface area contributed by atoms with Gasteiger partial charge in [-0.2, -0.15) is 0 Å².